The number of hydrogen-bond donors (Lipinski definition) is 2. The van der Waals surface area contributed by atoms with Gasteiger partial charge < -0.3 is 19.7 Å². The number of benzene rings is 2. The van der Waals surface area contributed by atoms with Crippen molar-refractivity contribution in [2.24, 2.45) is 0 Å². The molecular weight excluding hydrogens is 284 g/mol. The van der Waals surface area contributed by atoms with E-state index in [1.807, 2.05) is 0 Å². The molecule has 0 aliphatic carbocycles. The lowest BCUT2D eigenvalue weighted by molar-refractivity contribution is -0.153. The summed E-state index contributed by atoms with van der Waals surface area (Å²) in [6.45, 7) is 1.51. The van der Waals surface area contributed by atoms with Crippen LogP contribution in [-0.2, 0) is 11.2 Å². The summed E-state index contributed by atoms with van der Waals surface area (Å²) in [5, 5.41) is 18.9. The number of phenolic OH excluding ortho intramolecular Hbond substituents is 1. The molecule has 5 nitrogen and oxygen atoms in total. The number of aromatic hydroxyl groups is 1. The molecule has 0 saturated heterocycles. The molecule has 1 atom stereocenters. The summed E-state index contributed by atoms with van der Waals surface area (Å²) in [6, 6.07) is 13.3. The summed E-state index contributed by atoms with van der Waals surface area (Å²) in [5.74, 6) is -0.104. The molecule has 0 aliphatic rings. The Balaban J connectivity index is 2.28. The van der Waals surface area contributed by atoms with Crippen molar-refractivity contribution in [2.75, 3.05) is 7.11 Å². The van der Waals surface area contributed by atoms with Gasteiger partial charge in [0.1, 0.15) is 5.75 Å². The van der Waals surface area contributed by atoms with Crippen LogP contribution >= 0.6 is 0 Å². The van der Waals surface area contributed by atoms with E-state index in [1.165, 1.54) is 26.2 Å². The zero-order valence-corrected chi connectivity index (χ0v) is 12.4. The van der Waals surface area contributed by atoms with E-state index in [4.69, 9.17) is 9.47 Å². The first-order chi connectivity index (χ1) is 10.4. The predicted molar refractivity (Wildman–Crippen MR) is 81.5 cm³/mol. The highest BCUT2D eigenvalue weighted by atomic mass is 16.5. The smallest absolute Gasteiger partial charge is 0.348 e. The van der Waals surface area contributed by atoms with Gasteiger partial charge in [-0.2, -0.15) is 0 Å². The maximum Gasteiger partial charge on any atom is 0.348 e. The lowest BCUT2D eigenvalue weighted by Gasteiger charge is -2.27. The van der Waals surface area contributed by atoms with Crippen molar-refractivity contribution in [1.82, 2.24) is 0 Å². The molecule has 0 bridgehead atoms. The summed E-state index contributed by atoms with van der Waals surface area (Å²) in [4.78, 5) is 11.7. The van der Waals surface area contributed by atoms with Crippen LogP contribution in [0.25, 0.3) is 0 Å². The lowest BCUT2D eigenvalue weighted by Crippen LogP contribution is -2.43. The second-order valence-corrected chi connectivity index (χ2v) is 5.13. The van der Waals surface area contributed by atoms with E-state index in [0.717, 1.165) is 5.56 Å². The van der Waals surface area contributed by atoms with Gasteiger partial charge in [0, 0.05) is 6.42 Å². The topological polar surface area (TPSA) is 76.0 Å². The van der Waals surface area contributed by atoms with Gasteiger partial charge in [0.05, 0.1) is 7.11 Å². The first-order valence-electron chi connectivity index (χ1n) is 6.78. The number of phenols is 1. The Labute approximate surface area is 128 Å². The fourth-order valence-corrected chi connectivity index (χ4v) is 2.10. The largest absolute Gasteiger partial charge is 0.508 e. The number of hydrogen-bond acceptors (Lipinski definition) is 4. The average Bonchev–Trinajstić information content (AvgIpc) is 2.50. The zero-order chi connectivity index (χ0) is 16.2. The molecule has 2 aromatic rings. The minimum Gasteiger partial charge on any atom is -0.508 e. The van der Waals surface area contributed by atoms with E-state index in [9.17, 15) is 15.0 Å². The lowest BCUT2D eigenvalue weighted by atomic mass is 9.96. The third kappa shape index (κ3) is 3.49. The molecule has 0 fully saturated rings. The van der Waals surface area contributed by atoms with Crippen molar-refractivity contribution in [3.63, 3.8) is 0 Å². The van der Waals surface area contributed by atoms with Crippen LogP contribution in [0.4, 0.5) is 0 Å². The minimum absolute atomic E-state index is 0.131. The normalized spacial score (nSPS) is 13.2. The molecule has 0 spiro atoms. The molecule has 116 valence electrons. The summed E-state index contributed by atoms with van der Waals surface area (Å²) in [6.07, 6.45) is 0.153. The molecule has 2 rings (SSSR count). The first-order valence-corrected chi connectivity index (χ1v) is 6.78. The van der Waals surface area contributed by atoms with Gasteiger partial charge in [0.15, 0.2) is 11.5 Å². The predicted octanol–water partition coefficient (Wildman–Crippen LogP) is 2.87. The number of carboxylic acids is 1. The van der Waals surface area contributed by atoms with Crippen molar-refractivity contribution < 1.29 is 24.5 Å². The fraction of sp³-hybridized carbons (Fsp3) is 0.235. The van der Waals surface area contributed by atoms with Gasteiger partial charge in [-0.25, -0.2) is 4.79 Å². The molecule has 5 heteroatoms. The standard InChI is InChI=1S/C17H18O5/c1-17(16(19)20,11-12-7-9-13(18)10-8-12)22-15-6-4-3-5-14(15)21-2/h3-10,18H,11H2,1-2H3,(H,19,20). The molecule has 0 radical (unpaired) electrons. The summed E-state index contributed by atoms with van der Waals surface area (Å²) in [7, 11) is 1.50. The van der Waals surface area contributed by atoms with Crippen LogP contribution in [0, 0.1) is 0 Å². The van der Waals surface area contributed by atoms with E-state index in [1.54, 1.807) is 36.4 Å². The minimum atomic E-state index is -1.45. The Bertz CT molecular complexity index is 650. The van der Waals surface area contributed by atoms with Crippen molar-refractivity contribution in [1.29, 1.82) is 0 Å². The molecular formula is C17H18O5. The highest BCUT2D eigenvalue weighted by molar-refractivity contribution is 5.78. The molecule has 0 aliphatic heterocycles. The van der Waals surface area contributed by atoms with E-state index in [2.05, 4.69) is 0 Å². The molecule has 2 aromatic carbocycles. The number of aliphatic carboxylic acids is 1. The average molecular weight is 302 g/mol. The van der Waals surface area contributed by atoms with E-state index >= 15 is 0 Å². The molecule has 2 N–H and O–H groups in total. The summed E-state index contributed by atoms with van der Waals surface area (Å²) in [5.41, 5.74) is -0.705. The van der Waals surface area contributed by atoms with Gasteiger partial charge in [-0.3, -0.25) is 0 Å². The maximum atomic E-state index is 11.7. The monoisotopic (exact) mass is 302 g/mol. The van der Waals surface area contributed by atoms with Crippen LogP contribution in [-0.4, -0.2) is 28.9 Å². The maximum absolute atomic E-state index is 11.7. The number of ether oxygens (including phenoxy) is 2. The van der Waals surface area contributed by atoms with E-state index in [0.29, 0.717) is 11.5 Å². The number of carboxylic acid groups (broad SMARTS) is 1. The van der Waals surface area contributed by atoms with Crippen molar-refractivity contribution in [3.8, 4) is 17.2 Å². The van der Waals surface area contributed by atoms with Crippen LogP contribution in [0.2, 0.25) is 0 Å². The molecule has 1 unspecified atom stereocenters. The second-order valence-electron chi connectivity index (χ2n) is 5.13. The second kappa shape index (κ2) is 6.39. The molecule has 0 heterocycles. The highest BCUT2D eigenvalue weighted by Gasteiger charge is 2.36. The van der Waals surface area contributed by atoms with Crippen LogP contribution in [0.15, 0.2) is 48.5 Å². The highest BCUT2D eigenvalue weighted by Crippen LogP contribution is 2.31. The molecule has 0 amide bonds. The van der Waals surface area contributed by atoms with Crippen molar-refractivity contribution in [2.45, 2.75) is 18.9 Å². The van der Waals surface area contributed by atoms with Crippen LogP contribution in [0.3, 0.4) is 0 Å². The Morgan fingerprint density at radius 3 is 2.23 bits per heavy atom. The van der Waals surface area contributed by atoms with Gasteiger partial charge in [-0.05, 0) is 36.8 Å². The third-order valence-corrected chi connectivity index (χ3v) is 3.33. The van der Waals surface area contributed by atoms with E-state index < -0.39 is 11.6 Å². The van der Waals surface area contributed by atoms with Crippen LogP contribution in [0.5, 0.6) is 17.2 Å². The van der Waals surface area contributed by atoms with Gasteiger partial charge in [-0.15, -0.1) is 0 Å². The molecule has 0 saturated carbocycles. The third-order valence-electron chi connectivity index (χ3n) is 3.33. The van der Waals surface area contributed by atoms with Gasteiger partial charge in [0.25, 0.3) is 0 Å². The van der Waals surface area contributed by atoms with Crippen molar-refractivity contribution in [3.05, 3.63) is 54.1 Å². The van der Waals surface area contributed by atoms with Gasteiger partial charge >= 0.3 is 5.97 Å². The van der Waals surface area contributed by atoms with Gasteiger partial charge in [0.2, 0.25) is 5.60 Å². The summed E-state index contributed by atoms with van der Waals surface area (Å²) < 4.78 is 10.9. The molecule has 0 aromatic heterocycles. The molecule has 22 heavy (non-hydrogen) atoms. The van der Waals surface area contributed by atoms with Crippen LogP contribution < -0.4 is 9.47 Å². The number of rotatable bonds is 6. The quantitative estimate of drug-likeness (QED) is 0.858. The van der Waals surface area contributed by atoms with Gasteiger partial charge in [-0.1, -0.05) is 24.3 Å². The Morgan fingerprint density at radius 2 is 1.68 bits per heavy atom. The number of carbonyl (C=O) groups is 1. The fourth-order valence-electron chi connectivity index (χ4n) is 2.10. The zero-order valence-electron chi connectivity index (χ0n) is 12.4. The Kier molecular flexibility index (Phi) is 4.56. The summed E-state index contributed by atoms with van der Waals surface area (Å²) >= 11 is 0. The Hall–Kier alpha value is -2.69. The number of methoxy groups -OCH3 is 1. The van der Waals surface area contributed by atoms with Crippen LogP contribution in [0.1, 0.15) is 12.5 Å². The van der Waals surface area contributed by atoms with E-state index in [-0.39, 0.29) is 12.2 Å². The number of para-hydroxylation sites is 2. The first kappa shape index (κ1) is 15.7. The Morgan fingerprint density at radius 1 is 1.09 bits per heavy atom. The van der Waals surface area contributed by atoms with Crippen molar-refractivity contribution >= 4 is 5.97 Å². The SMILES string of the molecule is COc1ccccc1OC(C)(Cc1ccc(O)cc1)C(=O)O.